The van der Waals surface area contributed by atoms with E-state index in [1.54, 1.807) is 0 Å². The number of hydrogen-bond acceptors (Lipinski definition) is 32. The van der Waals surface area contributed by atoms with E-state index in [-0.39, 0.29) is 22.9 Å². The molecule has 42 atom stereocenters. The second kappa shape index (κ2) is 29.1. The highest BCUT2D eigenvalue weighted by Crippen LogP contribution is 2.71. The number of rotatable bonds is 17. The van der Waals surface area contributed by atoms with Crippen molar-refractivity contribution >= 4 is 0 Å². The molecule has 0 bridgehead atoms. The molecule has 0 aromatic carbocycles. The van der Waals surface area contributed by atoms with Crippen LogP contribution in [0.15, 0.2) is 0 Å². The van der Waals surface area contributed by atoms with Gasteiger partial charge in [-0.2, -0.15) is 0 Å². The first kappa shape index (κ1) is 73.5. The van der Waals surface area contributed by atoms with Crippen molar-refractivity contribution < 1.29 is 158 Å². The SMILES string of the molecule is C[C@@H]1CC[C@@]2(OC1)O[C@H]1C[C@H]3[C@@H]4CC[C@H]5C[C@@H](O[C@@H]6O[C@H](CO)[C@H](O[C@@H]7O[C@H](CO)[C@@H](O)[C@H](O[C@@H]8O[C@H](CO)[C@@H](O[C@@H]9O[C@@H](C)[C@H](O)[C@@H](O)[C@H]9O)[C@H](O)[C@H]8O)[C@H]7O[C@@H]7O[C@H](CO)[C@@H](O)[C@H](O[C@@H]8O[C@H](CO)[C@@H](O)[C@H](O)[C@H]8O)[C@H]7O)[C@H](O)[C@H]6O)CC[C@]5(C)[C@H]4CC[C@]3(C)[C@H]1[C@@H]2C. The van der Waals surface area contributed by atoms with Gasteiger partial charge in [0.25, 0.3) is 0 Å². The highest BCUT2D eigenvalue weighted by molar-refractivity contribution is 5.16. The van der Waals surface area contributed by atoms with Crippen molar-refractivity contribution in [2.24, 2.45) is 52.3 Å². The quantitative estimate of drug-likeness (QED) is 0.0603. The number of fused-ring (bicyclic) bond motifs is 7. The first-order valence-electron chi connectivity index (χ1n) is 34.2. The summed E-state index contributed by atoms with van der Waals surface area (Å²) in [5.74, 6) is 2.60. The van der Waals surface area contributed by atoms with Gasteiger partial charge in [-0.25, -0.2) is 0 Å². The van der Waals surface area contributed by atoms with Crippen LogP contribution in [0.2, 0.25) is 0 Å². The van der Waals surface area contributed by atoms with Gasteiger partial charge in [0.05, 0.1) is 58.0 Å². The maximum atomic E-state index is 12.2. The van der Waals surface area contributed by atoms with Crippen LogP contribution >= 0.6 is 0 Å². The number of hydrogen-bond donors (Lipinski definition) is 18. The molecule has 8 aliphatic heterocycles. The first-order valence-corrected chi connectivity index (χ1v) is 34.2. The Morgan fingerprint density at radius 1 is 0.379 bits per heavy atom. The summed E-state index contributed by atoms with van der Waals surface area (Å²) in [5.41, 5.74) is 0.151. The zero-order valence-electron chi connectivity index (χ0n) is 54.1. The van der Waals surface area contributed by atoms with E-state index in [2.05, 4.69) is 27.7 Å². The van der Waals surface area contributed by atoms with Crippen LogP contribution in [0.3, 0.4) is 0 Å². The van der Waals surface area contributed by atoms with Gasteiger partial charge < -0.3 is 158 Å². The zero-order chi connectivity index (χ0) is 68.2. The van der Waals surface area contributed by atoms with Gasteiger partial charge in [0.2, 0.25) is 0 Å². The lowest BCUT2D eigenvalue weighted by Crippen LogP contribution is -2.69. The van der Waals surface area contributed by atoms with Crippen LogP contribution in [0, 0.1) is 52.3 Å². The molecule has 0 aromatic rings. The average molecular weight is 1370 g/mol. The molecule has 95 heavy (non-hydrogen) atoms. The summed E-state index contributed by atoms with van der Waals surface area (Å²) in [6.45, 7) is 6.72. The molecular weight excluding hydrogens is 1270 g/mol. The molecule has 32 nitrogen and oxygen atoms in total. The molecule has 8 saturated heterocycles. The Kier molecular flexibility index (Phi) is 22.5. The molecule has 12 fully saturated rings. The van der Waals surface area contributed by atoms with Gasteiger partial charge in [-0.1, -0.05) is 27.7 Å². The molecule has 4 aliphatic carbocycles. The molecule has 548 valence electrons. The number of aliphatic hydroxyl groups excluding tert-OH is 18. The maximum Gasteiger partial charge on any atom is 0.187 e. The minimum absolute atomic E-state index is 0.00916. The molecule has 0 radical (unpaired) electrons. The van der Waals surface area contributed by atoms with Crippen LogP contribution in [0.5, 0.6) is 0 Å². The van der Waals surface area contributed by atoms with E-state index in [4.69, 9.17) is 66.3 Å². The van der Waals surface area contributed by atoms with Crippen LogP contribution in [-0.2, 0) is 66.3 Å². The van der Waals surface area contributed by atoms with Gasteiger partial charge in [0.15, 0.2) is 43.5 Å². The molecule has 12 aliphatic rings. The van der Waals surface area contributed by atoms with E-state index in [9.17, 15) is 91.9 Å². The normalized spacial score (nSPS) is 57.3. The summed E-state index contributed by atoms with van der Waals surface area (Å²) < 4.78 is 85.7. The van der Waals surface area contributed by atoms with Crippen molar-refractivity contribution in [2.75, 3.05) is 39.6 Å². The fourth-order valence-electron chi connectivity index (χ4n) is 19.1. The van der Waals surface area contributed by atoms with Gasteiger partial charge in [0, 0.05) is 12.3 Å². The number of aliphatic hydroxyl groups is 18. The minimum Gasteiger partial charge on any atom is -0.394 e. The largest absolute Gasteiger partial charge is 0.394 e. The van der Waals surface area contributed by atoms with Crippen LogP contribution < -0.4 is 0 Å². The maximum absolute atomic E-state index is 12.2. The highest BCUT2D eigenvalue weighted by atomic mass is 16.8. The summed E-state index contributed by atoms with van der Waals surface area (Å²) in [5, 5.41) is 199. The Hall–Kier alpha value is -1.28. The summed E-state index contributed by atoms with van der Waals surface area (Å²) >= 11 is 0. The standard InChI is InChI=1S/C63H104O32/c1-22-8-13-63(82-21-22)23(2)36-30(95-63)15-29-27-7-6-25-14-26(9-11-61(25,4)28(27)10-12-62(29,36)5)84-56-47(79)43(75)51(35(20-68)88-56)91-60-54(94-59-49(81)52(39(71)32(17-65)86-59)92-57-46(78)42(74)38(70)31(16-64)85-57)53(40(72)33(18-66)87-60)93-58-48(80)44(76)50(34(19-67)89-58)90-55-45(77)41(73)37(69)24(3)83-55/h22-60,64-81H,6-21H2,1-5H3/t22-,23+,24+,25+,26+,27-,28+,29+,30+,31-,32-,33-,34-,35-,36+,37+,38-,39-,40-,41-,42+,43-,44-,45-,46-,47-,48-,49-,50-,51+,52+,53+,54-,55+,56-,57+,58+,59+,60+,61+,62+,63-/m1/s1. The van der Waals surface area contributed by atoms with Crippen molar-refractivity contribution in [3.05, 3.63) is 0 Å². The molecule has 1 spiro atoms. The third-order valence-electron chi connectivity index (χ3n) is 24.6. The van der Waals surface area contributed by atoms with E-state index in [0.29, 0.717) is 48.3 Å². The summed E-state index contributed by atoms with van der Waals surface area (Å²) in [7, 11) is 0. The lowest BCUT2D eigenvalue weighted by atomic mass is 9.44. The first-order chi connectivity index (χ1) is 45.1. The zero-order valence-corrected chi connectivity index (χ0v) is 54.1. The van der Waals surface area contributed by atoms with E-state index in [1.807, 2.05) is 0 Å². The van der Waals surface area contributed by atoms with Gasteiger partial charge in [-0.15, -0.1) is 0 Å². The topological polar surface area (TPSA) is 493 Å². The molecule has 0 amide bonds. The minimum atomic E-state index is -2.27. The average Bonchev–Trinajstić information content (AvgIpc) is 1.56. The third-order valence-corrected chi connectivity index (χ3v) is 24.6. The molecular formula is C63H104O32. The van der Waals surface area contributed by atoms with E-state index in [0.717, 1.165) is 58.0 Å². The Morgan fingerprint density at radius 2 is 0.853 bits per heavy atom. The van der Waals surface area contributed by atoms with E-state index >= 15 is 0 Å². The molecule has 0 unspecified atom stereocenters. The van der Waals surface area contributed by atoms with E-state index in [1.165, 1.54) is 6.92 Å². The van der Waals surface area contributed by atoms with Crippen LogP contribution in [0.25, 0.3) is 0 Å². The lowest BCUT2D eigenvalue weighted by molar-refractivity contribution is -0.414. The highest BCUT2D eigenvalue weighted by Gasteiger charge is 2.70. The van der Waals surface area contributed by atoms with Crippen molar-refractivity contribution in [3.8, 4) is 0 Å². The fraction of sp³-hybridized carbons (Fsp3) is 1.00. The predicted molar refractivity (Wildman–Crippen MR) is 312 cm³/mol. The van der Waals surface area contributed by atoms with Crippen molar-refractivity contribution in [1.82, 2.24) is 0 Å². The smallest absolute Gasteiger partial charge is 0.187 e. The van der Waals surface area contributed by atoms with Crippen LogP contribution in [0.1, 0.15) is 98.8 Å². The molecule has 32 heteroatoms. The van der Waals surface area contributed by atoms with Gasteiger partial charge in [-0.05, 0) is 111 Å². The molecule has 0 aromatic heterocycles. The van der Waals surface area contributed by atoms with Gasteiger partial charge in [-0.3, -0.25) is 0 Å². The fourth-order valence-corrected chi connectivity index (χ4v) is 19.1. The van der Waals surface area contributed by atoms with Crippen molar-refractivity contribution in [3.63, 3.8) is 0 Å². The molecule has 8 heterocycles. The molecule has 18 N–H and O–H groups in total. The monoisotopic (exact) mass is 1370 g/mol. The molecule has 4 saturated carbocycles. The van der Waals surface area contributed by atoms with Crippen molar-refractivity contribution in [2.45, 2.75) is 301 Å². The summed E-state index contributed by atoms with van der Waals surface area (Å²) in [6, 6.07) is 0. The second-order valence-electron chi connectivity index (χ2n) is 29.9. The summed E-state index contributed by atoms with van der Waals surface area (Å²) in [4.78, 5) is 0. The second-order valence-corrected chi connectivity index (χ2v) is 29.9. The van der Waals surface area contributed by atoms with Gasteiger partial charge >= 0.3 is 0 Å². The molecule has 12 rings (SSSR count). The summed E-state index contributed by atoms with van der Waals surface area (Å²) in [6.07, 6.45) is -47.8. The Bertz CT molecular complexity index is 2500. The van der Waals surface area contributed by atoms with Crippen LogP contribution in [0.4, 0.5) is 0 Å². The predicted octanol–water partition coefficient (Wildman–Crippen LogP) is -6.23. The van der Waals surface area contributed by atoms with Gasteiger partial charge in [0.1, 0.15) is 140 Å². The third kappa shape index (κ3) is 13.2. The lowest BCUT2D eigenvalue weighted by Gasteiger charge is -2.61. The Balaban J connectivity index is 0.763. The van der Waals surface area contributed by atoms with E-state index < -0.39 is 229 Å². The van der Waals surface area contributed by atoms with Crippen molar-refractivity contribution in [1.29, 1.82) is 0 Å². The Morgan fingerprint density at radius 3 is 1.44 bits per heavy atom. The number of ether oxygens (including phenoxy) is 14. The van der Waals surface area contributed by atoms with Crippen LogP contribution in [-0.4, -0.2) is 334 Å². The Labute approximate surface area is 549 Å².